The molecule has 0 N–H and O–H groups in total. The third-order valence-corrected chi connectivity index (χ3v) is 5.41. The van der Waals surface area contributed by atoms with E-state index >= 15 is 0 Å². The monoisotopic (exact) mass is 356 g/mol. The molecule has 4 nitrogen and oxygen atoms in total. The highest BCUT2D eigenvalue weighted by Crippen LogP contribution is 2.36. The predicted molar refractivity (Wildman–Crippen MR) is 102 cm³/mol. The molecule has 0 spiro atoms. The van der Waals surface area contributed by atoms with Crippen LogP contribution in [0.15, 0.2) is 51.8 Å². The Balaban J connectivity index is 1.57. The Hall–Kier alpha value is -2.05. The molecule has 0 aliphatic carbocycles. The van der Waals surface area contributed by atoms with Gasteiger partial charge in [0.1, 0.15) is 5.76 Å². The second-order valence-electron chi connectivity index (χ2n) is 5.72. The summed E-state index contributed by atoms with van der Waals surface area (Å²) < 4.78 is 6.42. The first-order valence-electron chi connectivity index (χ1n) is 7.90. The van der Waals surface area contributed by atoms with Crippen molar-refractivity contribution in [3.63, 3.8) is 0 Å². The molecule has 0 saturated carbocycles. The number of furan rings is 1. The lowest BCUT2D eigenvalue weighted by Crippen LogP contribution is -2.27. The molecule has 1 amide bonds. The Morgan fingerprint density at radius 3 is 2.58 bits per heavy atom. The summed E-state index contributed by atoms with van der Waals surface area (Å²) in [5, 5.41) is 0. The zero-order chi connectivity index (χ0) is 16.5. The van der Waals surface area contributed by atoms with Gasteiger partial charge in [-0.1, -0.05) is 42.2 Å². The number of nitrogens with zero attached hydrogens (tertiary/aromatic N) is 2. The molecule has 2 aliphatic rings. The minimum atomic E-state index is -0.102. The summed E-state index contributed by atoms with van der Waals surface area (Å²) in [6, 6.07) is 13.3. The van der Waals surface area contributed by atoms with E-state index in [2.05, 4.69) is 4.90 Å². The zero-order valence-corrected chi connectivity index (χ0v) is 14.6. The van der Waals surface area contributed by atoms with Gasteiger partial charge in [0, 0.05) is 25.2 Å². The molecular formula is C18H16N2O2S2. The Morgan fingerprint density at radius 1 is 1.08 bits per heavy atom. The second kappa shape index (κ2) is 6.45. The minimum Gasteiger partial charge on any atom is -0.441 e. The molecule has 6 heteroatoms. The highest BCUT2D eigenvalue weighted by atomic mass is 32.2. The molecular weight excluding hydrogens is 340 g/mol. The smallest absolute Gasteiger partial charge is 0.270 e. The fourth-order valence-electron chi connectivity index (χ4n) is 2.92. The molecule has 1 aromatic carbocycles. The Bertz CT molecular complexity index is 807. The SMILES string of the molecule is O=C1/C(=C\c2ccc(N3CCCC3)o2)SC(=S)N1c1ccccc1. The van der Waals surface area contributed by atoms with Gasteiger partial charge in [0.05, 0.1) is 10.6 Å². The fraction of sp³-hybridized carbons (Fsp3) is 0.222. The van der Waals surface area contributed by atoms with Crippen LogP contribution >= 0.6 is 24.0 Å². The molecule has 24 heavy (non-hydrogen) atoms. The molecule has 4 rings (SSSR count). The summed E-state index contributed by atoms with van der Waals surface area (Å²) in [5.41, 5.74) is 0.792. The Morgan fingerprint density at radius 2 is 1.83 bits per heavy atom. The van der Waals surface area contributed by atoms with Crippen molar-refractivity contribution in [3.05, 3.63) is 53.1 Å². The third-order valence-electron chi connectivity index (χ3n) is 4.11. The number of anilines is 2. The first-order chi connectivity index (χ1) is 11.7. The van der Waals surface area contributed by atoms with E-state index in [1.165, 1.54) is 24.6 Å². The van der Waals surface area contributed by atoms with Crippen molar-refractivity contribution in [1.82, 2.24) is 0 Å². The first-order valence-corrected chi connectivity index (χ1v) is 9.13. The molecule has 2 aromatic rings. The van der Waals surface area contributed by atoms with E-state index in [4.69, 9.17) is 16.6 Å². The van der Waals surface area contributed by atoms with E-state index in [-0.39, 0.29) is 5.91 Å². The summed E-state index contributed by atoms with van der Waals surface area (Å²) in [5.74, 6) is 1.46. The van der Waals surface area contributed by atoms with Crippen molar-refractivity contribution in [1.29, 1.82) is 0 Å². The summed E-state index contributed by atoms with van der Waals surface area (Å²) in [6.45, 7) is 2.06. The van der Waals surface area contributed by atoms with Crippen LogP contribution in [-0.2, 0) is 4.79 Å². The lowest BCUT2D eigenvalue weighted by atomic mass is 10.3. The van der Waals surface area contributed by atoms with Crippen LogP contribution in [0, 0.1) is 0 Å². The van der Waals surface area contributed by atoms with Crippen molar-refractivity contribution in [2.45, 2.75) is 12.8 Å². The van der Waals surface area contributed by atoms with Crippen LogP contribution in [0.1, 0.15) is 18.6 Å². The molecule has 1 aromatic heterocycles. The van der Waals surface area contributed by atoms with Gasteiger partial charge in [0.15, 0.2) is 10.2 Å². The standard InChI is InChI=1S/C18H16N2O2S2/c21-17-15(24-18(23)20(17)13-6-2-1-3-7-13)12-14-8-9-16(22-14)19-10-4-5-11-19/h1-3,6-9,12H,4-5,10-11H2/b15-12+. The maximum Gasteiger partial charge on any atom is 0.270 e. The van der Waals surface area contributed by atoms with Crippen molar-refractivity contribution < 1.29 is 9.21 Å². The second-order valence-corrected chi connectivity index (χ2v) is 7.40. The zero-order valence-electron chi connectivity index (χ0n) is 13.0. The molecule has 0 atom stereocenters. The molecule has 122 valence electrons. The number of thioether (sulfide) groups is 1. The molecule has 0 radical (unpaired) electrons. The number of hydrogen-bond acceptors (Lipinski definition) is 5. The number of carbonyl (C=O) groups excluding carboxylic acids is 1. The van der Waals surface area contributed by atoms with Gasteiger partial charge in [-0.2, -0.15) is 0 Å². The number of carbonyl (C=O) groups is 1. The number of amides is 1. The number of para-hydroxylation sites is 1. The van der Waals surface area contributed by atoms with Crippen LogP contribution in [0.4, 0.5) is 11.6 Å². The largest absolute Gasteiger partial charge is 0.441 e. The van der Waals surface area contributed by atoms with Gasteiger partial charge >= 0.3 is 0 Å². The normalized spacial score (nSPS) is 19.8. The number of thiocarbonyl (C=S) groups is 1. The highest BCUT2D eigenvalue weighted by Gasteiger charge is 2.33. The van der Waals surface area contributed by atoms with Gasteiger partial charge in [0.2, 0.25) is 0 Å². The summed E-state index contributed by atoms with van der Waals surface area (Å²) >= 11 is 6.68. The number of rotatable bonds is 3. The van der Waals surface area contributed by atoms with Gasteiger partial charge in [-0.25, -0.2) is 0 Å². The molecule has 0 unspecified atom stereocenters. The summed E-state index contributed by atoms with van der Waals surface area (Å²) in [6.07, 6.45) is 4.18. The highest BCUT2D eigenvalue weighted by molar-refractivity contribution is 8.27. The molecule has 2 saturated heterocycles. The fourth-order valence-corrected chi connectivity index (χ4v) is 4.20. The lowest BCUT2D eigenvalue weighted by molar-refractivity contribution is -0.113. The van der Waals surface area contributed by atoms with Crippen molar-refractivity contribution >= 4 is 51.9 Å². The van der Waals surface area contributed by atoms with E-state index < -0.39 is 0 Å². The summed E-state index contributed by atoms with van der Waals surface area (Å²) in [4.78, 5) is 17.1. The average Bonchev–Trinajstić information content (AvgIpc) is 3.31. The van der Waals surface area contributed by atoms with Crippen molar-refractivity contribution in [3.8, 4) is 0 Å². The van der Waals surface area contributed by atoms with Gasteiger partial charge in [0.25, 0.3) is 5.91 Å². The topological polar surface area (TPSA) is 36.7 Å². The molecule has 2 aliphatic heterocycles. The van der Waals surface area contributed by atoms with Crippen molar-refractivity contribution in [2.24, 2.45) is 0 Å². The summed E-state index contributed by atoms with van der Waals surface area (Å²) in [7, 11) is 0. The van der Waals surface area contributed by atoms with E-state index in [0.717, 1.165) is 24.7 Å². The molecule has 3 heterocycles. The van der Waals surface area contributed by atoms with E-state index in [1.807, 2.05) is 42.5 Å². The first kappa shape index (κ1) is 15.5. The number of benzene rings is 1. The van der Waals surface area contributed by atoms with Crippen LogP contribution < -0.4 is 9.80 Å². The van der Waals surface area contributed by atoms with Crippen LogP contribution in [-0.4, -0.2) is 23.3 Å². The predicted octanol–water partition coefficient (Wildman–Crippen LogP) is 4.29. The van der Waals surface area contributed by atoms with Crippen LogP contribution in [0.5, 0.6) is 0 Å². The minimum absolute atomic E-state index is 0.102. The van der Waals surface area contributed by atoms with Crippen LogP contribution in [0.3, 0.4) is 0 Å². The molecule has 2 fully saturated rings. The van der Waals surface area contributed by atoms with E-state index in [0.29, 0.717) is 15.0 Å². The van der Waals surface area contributed by atoms with Gasteiger partial charge in [-0.15, -0.1) is 0 Å². The lowest BCUT2D eigenvalue weighted by Gasteiger charge is -2.13. The van der Waals surface area contributed by atoms with Gasteiger partial charge in [-0.3, -0.25) is 9.69 Å². The maximum atomic E-state index is 12.7. The quantitative estimate of drug-likeness (QED) is 0.606. The number of hydrogen-bond donors (Lipinski definition) is 0. The molecule has 0 bridgehead atoms. The van der Waals surface area contributed by atoms with Crippen molar-refractivity contribution in [2.75, 3.05) is 22.9 Å². The Labute approximate surface area is 150 Å². The Kier molecular flexibility index (Phi) is 4.16. The van der Waals surface area contributed by atoms with Crippen LogP contribution in [0.2, 0.25) is 0 Å². The third kappa shape index (κ3) is 2.87. The maximum absolute atomic E-state index is 12.7. The van der Waals surface area contributed by atoms with E-state index in [9.17, 15) is 4.79 Å². The van der Waals surface area contributed by atoms with E-state index in [1.54, 1.807) is 11.0 Å². The average molecular weight is 356 g/mol. The van der Waals surface area contributed by atoms with Crippen LogP contribution in [0.25, 0.3) is 6.08 Å². The van der Waals surface area contributed by atoms with Gasteiger partial charge in [-0.05, 0) is 31.0 Å². The van der Waals surface area contributed by atoms with Gasteiger partial charge < -0.3 is 9.32 Å².